The number of anilines is 2. The van der Waals surface area contributed by atoms with Crippen molar-refractivity contribution < 1.29 is 14.0 Å². The number of halogens is 1. The molecular formula is C25H26FN3O2. The second-order valence-corrected chi connectivity index (χ2v) is 7.28. The van der Waals surface area contributed by atoms with Crippen LogP contribution in [0.3, 0.4) is 0 Å². The molecule has 2 amide bonds. The summed E-state index contributed by atoms with van der Waals surface area (Å²) in [5.74, 6) is -0.889. The van der Waals surface area contributed by atoms with Gasteiger partial charge in [0.1, 0.15) is 11.9 Å². The molecule has 160 valence electrons. The van der Waals surface area contributed by atoms with E-state index in [1.54, 1.807) is 11.9 Å². The molecule has 0 saturated carbocycles. The molecule has 0 heterocycles. The summed E-state index contributed by atoms with van der Waals surface area (Å²) in [6.07, 6.45) is 0.805. The molecule has 1 atom stereocenters. The molecule has 0 aliphatic rings. The summed E-state index contributed by atoms with van der Waals surface area (Å²) in [4.78, 5) is 27.5. The zero-order valence-electron chi connectivity index (χ0n) is 17.6. The predicted molar refractivity (Wildman–Crippen MR) is 121 cm³/mol. The Hall–Kier alpha value is -3.51. The summed E-state index contributed by atoms with van der Waals surface area (Å²) < 4.78 is 13.2. The summed E-state index contributed by atoms with van der Waals surface area (Å²) in [7, 11) is 1.73. The summed E-state index contributed by atoms with van der Waals surface area (Å²) in [5, 5.41) is 5.75. The van der Waals surface area contributed by atoms with Crippen molar-refractivity contribution in [3.05, 3.63) is 95.8 Å². The van der Waals surface area contributed by atoms with Gasteiger partial charge in [0.15, 0.2) is 0 Å². The Labute approximate surface area is 181 Å². The Morgan fingerprint density at radius 2 is 1.55 bits per heavy atom. The summed E-state index contributed by atoms with van der Waals surface area (Å²) >= 11 is 0. The maximum atomic E-state index is 13.2. The summed E-state index contributed by atoms with van der Waals surface area (Å²) in [6, 6.07) is 21.8. The van der Waals surface area contributed by atoms with Crippen LogP contribution in [0.5, 0.6) is 0 Å². The van der Waals surface area contributed by atoms with E-state index in [4.69, 9.17) is 0 Å². The average Bonchev–Trinajstić information content (AvgIpc) is 2.76. The Morgan fingerprint density at radius 3 is 2.23 bits per heavy atom. The SMILES string of the molecule is CCc1ccccc1NC(=O)CN(C)C(C(=O)Nc1ccc(F)cc1)c1ccccc1. The molecule has 0 radical (unpaired) electrons. The van der Waals surface area contributed by atoms with Crippen LogP contribution in [-0.2, 0) is 16.0 Å². The van der Waals surface area contributed by atoms with Crippen LogP contribution in [0, 0.1) is 5.82 Å². The standard InChI is InChI=1S/C25H26FN3O2/c1-3-18-9-7-8-12-22(18)28-23(30)17-29(2)24(19-10-5-4-6-11-19)25(31)27-21-15-13-20(26)14-16-21/h4-16,24H,3,17H2,1-2H3,(H,27,31)(H,28,30). The number of para-hydroxylation sites is 1. The lowest BCUT2D eigenvalue weighted by Gasteiger charge is -2.27. The van der Waals surface area contributed by atoms with Crippen molar-refractivity contribution in [1.82, 2.24) is 4.90 Å². The lowest BCUT2D eigenvalue weighted by molar-refractivity contribution is -0.123. The number of nitrogens with zero attached hydrogens (tertiary/aromatic N) is 1. The van der Waals surface area contributed by atoms with Gasteiger partial charge in [-0.05, 0) is 54.9 Å². The first-order valence-corrected chi connectivity index (χ1v) is 10.2. The minimum atomic E-state index is -0.696. The highest BCUT2D eigenvalue weighted by atomic mass is 19.1. The van der Waals surface area contributed by atoms with Crippen molar-refractivity contribution in [3.63, 3.8) is 0 Å². The van der Waals surface area contributed by atoms with Gasteiger partial charge >= 0.3 is 0 Å². The van der Waals surface area contributed by atoms with Gasteiger partial charge in [0.05, 0.1) is 6.54 Å². The van der Waals surface area contributed by atoms with E-state index in [1.165, 1.54) is 24.3 Å². The molecule has 3 aromatic carbocycles. The van der Waals surface area contributed by atoms with Crippen molar-refractivity contribution in [1.29, 1.82) is 0 Å². The van der Waals surface area contributed by atoms with Crippen molar-refractivity contribution in [2.24, 2.45) is 0 Å². The Balaban J connectivity index is 1.76. The second-order valence-electron chi connectivity index (χ2n) is 7.28. The molecule has 0 aliphatic heterocycles. The van der Waals surface area contributed by atoms with Gasteiger partial charge in [-0.3, -0.25) is 14.5 Å². The van der Waals surface area contributed by atoms with Crippen LogP contribution in [-0.4, -0.2) is 30.3 Å². The third-order valence-electron chi connectivity index (χ3n) is 4.98. The minimum absolute atomic E-state index is 0.0223. The quantitative estimate of drug-likeness (QED) is 0.559. The third kappa shape index (κ3) is 5.99. The third-order valence-corrected chi connectivity index (χ3v) is 4.98. The lowest BCUT2D eigenvalue weighted by atomic mass is 10.0. The van der Waals surface area contributed by atoms with Gasteiger partial charge in [0, 0.05) is 11.4 Å². The molecule has 3 rings (SSSR count). The summed E-state index contributed by atoms with van der Waals surface area (Å²) in [5.41, 5.74) is 3.07. The normalized spacial score (nSPS) is 11.7. The molecule has 0 aliphatic carbocycles. The molecular weight excluding hydrogens is 393 g/mol. The highest BCUT2D eigenvalue weighted by Gasteiger charge is 2.27. The molecule has 0 fully saturated rings. The van der Waals surface area contributed by atoms with E-state index < -0.39 is 6.04 Å². The van der Waals surface area contributed by atoms with Gasteiger partial charge in [-0.15, -0.1) is 0 Å². The van der Waals surface area contributed by atoms with Crippen LogP contribution >= 0.6 is 0 Å². The zero-order chi connectivity index (χ0) is 22.2. The van der Waals surface area contributed by atoms with Crippen LogP contribution in [0.2, 0.25) is 0 Å². The number of carbonyl (C=O) groups is 2. The molecule has 6 heteroatoms. The number of amides is 2. The van der Waals surface area contributed by atoms with E-state index in [2.05, 4.69) is 10.6 Å². The largest absolute Gasteiger partial charge is 0.325 e. The van der Waals surface area contributed by atoms with Gasteiger partial charge in [-0.1, -0.05) is 55.5 Å². The number of hydrogen-bond acceptors (Lipinski definition) is 3. The molecule has 0 bridgehead atoms. The van der Waals surface area contributed by atoms with Crippen molar-refractivity contribution in [2.45, 2.75) is 19.4 Å². The minimum Gasteiger partial charge on any atom is -0.325 e. The van der Waals surface area contributed by atoms with Gasteiger partial charge < -0.3 is 10.6 Å². The summed E-state index contributed by atoms with van der Waals surface area (Å²) in [6.45, 7) is 2.05. The Bertz CT molecular complexity index is 1020. The maximum Gasteiger partial charge on any atom is 0.246 e. The molecule has 0 saturated heterocycles. The molecule has 2 N–H and O–H groups in total. The number of nitrogens with one attached hydrogen (secondary N) is 2. The fraction of sp³-hybridized carbons (Fsp3) is 0.200. The molecule has 3 aromatic rings. The van der Waals surface area contributed by atoms with E-state index in [0.29, 0.717) is 5.69 Å². The van der Waals surface area contributed by atoms with Crippen molar-refractivity contribution in [2.75, 3.05) is 24.2 Å². The molecule has 1 unspecified atom stereocenters. The number of aryl methyl sites for hydroxylation is 1. The number of likely N-dealkylation sites (N-methyl/N-ethyl adjacent to an activating group) is 1. The number of rotatable bonds is 8. The van der Waals surface area contributed by atoms with E-state index in [0.717, 1.165) is 23.2 Å². The van der Waals surface area contributed by atoms with Crippen LogP contribution in [0.1, 0.15) is 24.1 Å². The highest BCUT2D eigenvalue weighted by Crippen LogP contribution is 2.22. The predicted octanol–water partition coefficient (Wildman–Crippen LogP) is 4.64. The van der Waals surface area contributed by atoms with Gasteiger partial charge in [-0.25, -0.2) is 4.39 Å². The molecule has 5 nitrogen and oxygen atoms in total. The average molecular weight is 420 g/mol. The first-order chi connectivity index (χ1) is 15.0. The number of benzene rings is 3. The Morgan fingerprint density at radius 1 is 0.903 bits per heavy atom. The second kappa shape index (κ2) is 10.5. The monoisotopic (exact) mass is 419 g/mol. The van der Waals surface area contributed by atoms with Crippen LogP contribution in [0.25, 0.3) is 0 Å². The lowest BCUT2D eigenvalue weighted by Crippen LogP contribution is -2.39. The Kier molecular flexibility index (Phi) is 7.51. The molecule has 0 aromatic heterocycles. The first kappa shape index (κ1) is 22.2. The van der Waals surface area contributed by atoms with E-state index in [9.17, 15) is 14.0 Å². The first-order valence-electron chi connectivity index (χ1n) is 10.2. The highest BCUT2D eigenvalue weighted by molar-refractivity contribution is 5.97. The van der Waals surface area contributed by atoms with Crippen molar-refractivity contribution >= 4 is 23.2 Å². The number of carbonyl (C=O) groups excluding carboxylic acids is 2. The van der Waals surface area contributed by atoms with Crippen LogP contribution in [0.15, 0.2) is 78.9 Å². The van der Waals surface area contributed by atoms with Crippen molar-refractivity contribution in [3.8, 4) is 0 Å². The molecule has 31 heavy (non-hydrogen) atoms. The zero-order valence-corrected chi connectivity index (χ0v) is 17.6. The smallest absolute Gasteiger partial charge is 0.246 e. The fourth-order valence-electron chi connectivity index (χ4n) is 3.44. The maximum absolute atomic E-state index is 13.2. The van der Waals surface area contributed by atoms with E-state index in [1.807, 2.05) is 61.5 Å². The van der Waals surface area contributed by atoms with Gasteiger partial charge in [0.2, 0.25) is 11.8 Å². The van der Waals surface area contributed by atoms with E-state index >= 15 is 0 Å². The van der Waals surface area contributed by atoms with Crippen LogP contribution < -0.4 is 10.6 Å². The van der Waals surface area contributed by atoms with Crippen LogP contribution in [0.4, 0.5) is 15.8 Å². The van der Waals surface area contributed by atoms with Gasteiger partial charge in [0.25, 0.3) is 0 Å². The van der Waals surface area contributed by atoms with Gasteiger partial charge in [-0.2, -0.15) is 0 Å². The van der Waals surface area contributed by atoms with E-state index in [-0.39, 0.29) is 24.2 Å². The topological polar surface area (TPSA) is 61.4 Å². The number of hydrogen-bond donors (Lipinski definition) is 2. The fourth-order valence-corrected chi connectivity index (χ4v) is 3.44. The molecule has 0 spiro atoms.